The van der Waals surface area contributed by atoms with Gasteiger partial charge in [-0.05, 0) is 27.7 Å². The second-order valence-corrected chi connectivity index (χ2v) is 9.42. The number of alkyl halides is 1. The van der Waals surface area contributed by atoms with Crippen LogP contribution in [0.4, 0.5) is 0 Å². The van der Waals surface area contributed by atoms with Crippen molar-refractivity contribution >= 4 is 25.8 Å². The Balaban J connectivity index is 2.53. The molecule has 4 nitrogen and oxygen atoms in total. The maximum Gasteiger partial charge on any atom is 0.156 e. The summed E-state index contributed by atoms with van der Waals surface area (Å²) in [7, 11) is -3.03. The molecule has 0 bridgehead atoms. The van der Waals surface area contributed by atoms with Crippen LogP contribution in [0.3, 0.4) is 0 Å². The van der Waals surface area contributed by atoms with E-state index in [0.717, 1.165) is 18.4 Å². The molecule has 2 atom stereocenters. The SMILES string of the molecule is CC1CN(CCS(=O)(=O)C(C)(C)C)CC(CBr)O1. The van der Waals surface area contributed by atoms with Gasteiger partial charge < -0.3 is 4.74 Å². The number of ether oxygens (including phenoxy) is 1. The summed E-state index contributed by atoms with van der Waals surface area (Å²) in [4.78, 5) is 2.18. The summed E-state index contributed by atoms with van der Waals surface area (Å²) in [6.45, 7) is 9.50. The van der Waals surface area contributed by atoms with Gasteiger partial charge in [-0.15, -0.1) is 0 Å². The second-order valence-electron chi connectivity index (χ2n) is 5.91. The first-order valence-electron chi connectivity index (χ1n) is 6.32. The van der Waals surface area contributed by atoms with Gasteiger partial charge in [-0.2, -0.15) is 0 Å². The number of nitrogens with zero attached hydrogens (tertiary/aromatic N) is 1. The van der Waals surface area contributed by atoms with Crippen molar-refractivity contribution in [2.75, 3.05) is 30.7 Å². The molecule has 0 aromatic heterocycles. The highest BCUT2D eigenvalue weighted by atomic mass is 79.9. The molecule has 108 valence electrons. The Labute approximate surface area is 119 Å². The fraction of sp³-hybridized carbons (Fsp3) is 1.00. The molecule has 0 aliphatic carbocycles. The van der Waals surface area contributed by atoms with Crippen LogP contribution >= 0.6 is 15.9 Å². The summed E-state index contributed by atoms with van der Waals surface area (Å²) in [5.41, 5.74) is 0. The van der Waals surface area contributed by atoms with Crippen LogP contribution in [0.25, 0.3) is 0 Å². The van der Waals surface area contributed by atoms with E-state index in [1.165, 1.54) is 0 Å². The molecule has 1 fully saturated rings. The number of halogens is 1. The first kappa shape index (κ1) is 16.4. The zero-order valence-corrected chi connectivity index (χ0v) is 14.1. The van der Waals surface area contributed by atoms with Gasteiger partial charge >= 0.3 is 0 Å². The first-order valence-corrected chi connectivity index (χ1v) is 9.09. The highest BCUT2D eigenvalue weighted by Gasteiger charge is 2.31. The van der Waals surface area contributed by atoms with Gasteiger partial charge in [0, 0.05) is 25.0 Å². The van der Waals surface area contributed by atoms with Crippen LogP contribution < -0.4 is 0 Å². The Kier molecular flexibility index (Phi) is 5.65. The Hall–Kier alpha value is 0.350. The Morgan fingerprint density at radius 1 is 1.33 bits per heavy atom. The van der Waals surface area contributed by atoms with E-state index in [2.05, 4.69) is 20.8 Å². The Morgan fingerprint density at radius 3 is 2.44 bits per heavy atom. The van der Waals surface area contributed by atoms with Crippen molar-refractivity contribution in [2.45, 2.75) is 44.6 Å². The van der Waals surface area contributed by atoms with Crippen molar-refractivity contribution in [1.82, 2.24) is 4.90 Å². The lowest BCUT2D eigenvalue weighted by Crippen LogP contribution is -2.49. The number of sulfone groups is 1. The molecule has 0 aromatic carbocycles. The molecule has 0 aromatic rings. The lowest BCUT2D eigenvalue weighted by molar-refractivity contribution is -0.0634. The number of hydrogen-bond acceptors (Lipinski definition) is 4. The lowest BCUT2D eigenvalue weighted by atomic mass is 10.2. The van der Waals surface area contributed by atoms with E-state index in [0.29, 0.717) is 6.54 Å². The zero-order valence-electron chi connectivity index (χ0n) is 11.6. The van der Waals surface area contributed by atoms with Crippen molar-refractivity contribution in [3.05, 3.63) is 0 Å². The van der Waals surface area contributed by atoms with Crippen LogP contribution in [0, 0.1) is 0 Å². The van der Waals surface area contributed by atoms with Gasteiger partial charge in [0.25, 0.3) is 0 Å². The third-order valence-corrected chi connectivity index (χ3v) is 6.49. The summed E-state index contributed by atoms with van der Waals surface area (Å²) in [5, 5.41) is 0.792. The van der Waals surface area contributed by atoms with E-state index in [9.17, 15) is 8.42 Å². The van der Waals surface area contributed by atoms with E-state index in [4.69, 9.17) is 4.74 Å². The van der Waals surface area contributed by atoms with Crippen molar-refractivity contribution in [3.63, 3.8) is 0 Å². The van der Waals surface area contributed by atoms with E-state index in [-0.39, 0.29) is 18.0 Å². The Bertz CT molecular complexity index is 364. The molecule has 6 heteroatoms. The average molecular weight is 342 g/mol. The van der Waals surface area contributed by atoms with Crippen molar-refractivity contribution < 1.29 is 13.2 Å². The molecular formula is C12H24BrNO3S. The number of hydrogen-bond donors (Lipinski definition) is 0. The van der Waals surface area contributed by atoms with Crippen LogP contribution in [0.5, 0.6) is 0 Å². The smallest absolute Gasteiger partial charge is 0.156 e. The van der Waals surface area contributed by atoms with Crippen LogP contribution in [0.1, 0.15) is 27.7 Å². The minimum absolute atomic E-state index is 0.158. The molecule has 0 radical (unpaired) electrons. The fourth-order valence-electron chi connectivity index (χ4n) is 1.96. The van der Waals surface area contributed by atoms with Gasteiger partial charge in [0.2, 0.25) is 0 Å². The van der Waals surface area contributed by atoms with E-state index >= 15 is 0 Å². The third-order valence-electron chi connectivity index (χ3n) is 3.18. The summed E-state index contributed by atoms with van der Waals surface area (Å²) >= 11 is 3.42. The summed E-state index contributed by atoms with van der Waals surface area (Å²) < 4.78 is 29.2. The normalized spacial score (nSPS) is 27.4. The molecule has 2 unspecified atom stereocenters. The first-order chi connectivity index (χ1) is 8.15. The molecule has 1 heterocycles. The quantitative estimate of drug-likeness (QED) is 0.730. The molecule has 0 spiro atoms. The van der Waals surface area contributed by atoms with Crippen LogP contribution in [-0.2, 0) is 14.6 Å². The summed E-state index contributed by atoms with van der Waals surface area (Å²) in [5.74, 6) is 0.220. The predicted octanol–water partition coefficient (Wildman–Crippen LogP) is 1.68. The van der Waals surface area contributed by atoms with E-state index < -0.39 is 14.6 Å². The standard InChI is InChI=1S/C12H24BrNO3S/c1-10-8-14(9-11(7-13)17-10)5-6-18(15,16)12(2,3)4/h10-11H,5-9H2,1-4H3. The maximum atomic E-state index is 12.1. The van der Waals surface area contributed by atoms with Gasteiger partial charge in [-0.1, -0.05) is 15.9 Å². The Morgan fingerprint density at radius 2 is 1.94 bits per heavy atom. The van der Waals surface area contributed by atoms with Gasteiger partial charge in [0.1, 0.15) is 0 Å². The monoisotopic (exact) mass is 341 g/mol. The molecule has 0 amide bonds. The zero-order chi connectivity index (χ0) is 14.0. The van der Waals surface area contributed by atoms with Gasteiger partial charge in [0.15, 0.2) is 9.84 Å². The molecule has 0 N–H and O–H groups in total. The topological polar surface area (TPSA) is 46.6 Å². The lowest BCUT2D eigenvalue weighted by Gasteiger charge is -2.36. The van der Waals surface area contributed by atoms with Crippen LogP contribution in [0.15, 0.2) is 0 Å². The molecular weight excluding hydrogens is 318 g/mol. The summed E-state index contributed by atoms with van der Waals surface area (Å²) in [6.07, 6.45) is 0.324. The van der Waals surface area contributed by atoms with Crippen molar-refractivity contribution in [2.24, 2.45) is 0 Å². The van der Waals surface area contributed by atoms with Gasteiger partial charge in [-0.25, -0.2) is 8.42 Å². The second kappa shape index (κ2) is 6.20. The molecule has 0 saturated carbocycles. The third kappa shape index (κ3) is 4.47. The molecule has 18 heavy (non-hydrogen) atoms. The maximum absolute atomic E-state index is 12.1. The fourth-order valence-corrected chi connectivity index (χ4v) is 3.43. The molecule has 1 rings (SSSR count). The molecule has 1 saturated heterocycles. The van der Waals surface area contributed by atoms with Crippen LogP contribution in [-0.4, -0.2) is 61.0 Å². The molecule has 1 aliphatic rings. The number of rotatable bonds is 4. The van der Waals surface area contributed by atoms with Crippen molar-refractivity contribution in [3.8, 4) is 0 Å². The number of morpholine rings is 1. The summed E-state index contributed by atoms with van der Waals surface area (Å²) in [6, 6.07) is 0. The average Bonchev–Trinajstić information content (AvgIpc) is 2.24. The largest absolute Gasteiger partial charge is 0.372 e. The van der Waals surface area contributed by atoms with Gasteiger partial charge in [0.05, 0.1) is 22.7 Å². The van der Waals surface area contributed by atoms with Crippen molar-refractivity contribution in [1.29, 1.82) is 0 Å². The van der Waals surface area contributed by atoms with Gasteiger partial charge in [-0.3, -0.25) is 4.90 Å². The predicted molar refractivity (Wildman–Crippen MR) is 78.1 cm³/mol. The molecule has 1 aliphatic heterocycles. The minimum Gasteiger partial charge on any atom is -0.372 e. The van der Waals surface area contributed by atoms with E-state index in [1.54, 1.807) is 20.8 Å². The van der Waals surface area contributed by atoms with E-state index in [1.807, 2.05) is 6.92 Å². The highest BCUT2D eigenvalue weighted by Crippen LogP contribution is 2.18. The van der Waals surface area contributed by atoms with Crippen LogP contribution in [0.2, 0.25) is 0 Å². The highest BCUT2D eigenvalue weighted by molar-refractivity contribution is 9.09. The minimum atomic E-state index is -3.03.